The van der Waals surface area contributed by atoms with Crippen LogP contribution in [0.15, 0.2) is 12.4 Å². The molecule has 0 atom stereocenters. The van der Waals surface area contributed by atoms with Crippen molar-refractivity contribution in [2.75, 3.05) is 13.1 Å². The Morgan fingerprint density at radius 3 is 2.94 bits per heavy atom. The number of likely N-dealkylation sites (tertiary alicyclic amines) is 1. The van der Waals surface area contributed by atoms with Crippen LogP contribution in [0.25, 0.3) is 0 Å². The largest absolute Gasteiger partial charge is 0.293 e. The average molecular weight is 270 g/mol. The lowest BCUT2D eigenvalue weighted by Crippen LogP contribution is -2.47. The standard InChI is InChI=1S/C10H12ClN5S/c1-7-2-12-16(3-7)8-4-15(5-8)6-9-10(11)17-14-13-9/h2-3,8H,4-6H2,1H3. The molecule has 1 saturated heterocycles. The SMILES string of the molecule is Cc1cnn(C2CN(Cc3nnsc3Cl)C2)c1. The van der Waals surface area contributed by atoms with Crippen LogP contribution < -0.4 is 0 Å². The Morgan fingerprint density at radius 1 is 1.53 bits per heavy atom. The van der Waals surface area contributed by atoms with Crippen molar-refractivity contribution in [3.63, 3.8) is 0 Å². The minimum Gasteiger partial charge on any atom is -0.293 e. The normalized spacial score (nSPS) is 17.3. The molecular weight excluding hydrogens is 258 g/mol. The number of rotatable bonds is 3. The van der Waals surface area contributed by atoms with Crippen LogP contribution in [-0.4, -0.2) is 37.4 Å². The summed E-state index contributed by atoms with van der Waals surface area (Å²) in [6.07, 6.45) is 3.98. The summed E-state index contributed by atoms with van der Waals surface area (Å²) in [6.45, 7) is 4.83. The predicted octanol–water partition coefficient (Wildman–Crippen LogP) is 1.75. The maximum atomic E-state index is 5.97. The molecule has 1 aliphatic heterocycles. The van der Waals surface area contributed by atoms with Crippen molar-refractivity contribution < 1.29 is 0 Å². The second-order valence-corrected chi connectivity index (χ2v) is 5.70. The first-order valence-electron chi connectivity index (χ1n) is 5.42. The van der Waals surface area contributed by atoms with Crippen LogP contribution in [0.1, 0.15) is 17.3 Å². The minimum absolute atomic E-state index is 0.481. The minimum atomic E-state index is 0.481. The lowest BCUT2D eigenvalue weighted by atomic mass is 10.1. The van der Waals surface area contributed by atoms with Gasteiger partial charge in [0.1, 0.15) is 10.0 Å². The molecule has 0 bridgehead atoms. The van der Waals surface area contributed by atoms with E-state index in [1.54, 1.807) is 0 Å². The topological polar surface area (TPSA) is 46.8 Å². The van der Waals surface area contributed by atoms with Crippen molar-refractivity contribution >= 4 is 23.1 Å². The lowest BCUT2D eigenvalue weighted by molar-refractivity contribution is 0.0895. The number of aryl methyl sites for hydroxylation is 1. The Bertz CT molecular complexity index is 516. The quantitative estimate of drug-likeness (QED) is 0.852. The van der Waals surface area contributed by atoms with Gasteiger partial charge in [-0.15, -0.1) is 5.10 Å². The van der Waals surface area contributed by atoms with Gasteiger partial charge in [0.05, 0.1) is 12.2 Å². The van der Waals surface area contributed by atoms with Gasteiger partial charge < -0.3 is 0 Å². The molecule has 2 aromatic rings. The molecule has 3 heterocycles. The second kappa shape index (κ2) is 4.36. The lowest BCUT2D eigenvalue weighted by Gasteiger charge is -2.38. The number of halogens is 1. The van der Waals surface area contributed by atoms with Crippen molar-refractivity contribution in [2.45, 2.75) is 19.5 Å². The van der Waals surface area contributed by atoms with Crippen molar-refractivity contribution in [1.82, 2.24) is 24.3 Å². The van der Waals surface area contributed by atoms with E-state index in [1.165, 1.54) is 17.1 Å². The summed E-state index contributed by atoms with van der Waals surface area (Å²) in [7, 11) is 0. The molecule has 0 N–H and O–H groups in total. The van der Waals surface area contributed by atoms with Crippen LogP contribution in [0.3, 0.4) is 0 Å². The average Bonchev–Trinajstić information content (AvgIpc) is 2.81. The van der Waals surface area contributed by atoms with Crippen LogP contribution in [0, 0.1) is 6.92 Å². The van der Waals surface area contributed by atoms with E-state index in [0.29, 0.717) is 10.4 Å². The summed E-state index contributed by atoms with van der Waals surface area (Å²) in [5.41, 5.74) is 2.09. The zero-order valence-electron chi connectivity index (χ0n) is 9.38. The van der Waals surface area contributed by atoms with Crippen molar-refractivity contribution in [2.24, 2.45) is 0 Å². The summed E-state index contributed by atoms with van der Waals surface area (Å²) in [4.78, 5) is 2.30. The third kappa shape index (κ3) is 2.20. The van der Waals surface area contributed by atoms with Gasteiger partial charge in [-0.05, 0) is 12.5 Å². The van der Waals surface area contributed by atoms with Gasteiger partial charge in [0, 0.05) is 37.4 Å². The van der Waals surface area contributed by atoms with Gasteiger partial charge >= 0.3 is 0 Å². The number of nitrogens with zero attached hydrogens (tertiary/aromatic N) is 5. The van der Waals surface area contributed by atoms with E-state index in [4.69, 9.17) is 11.6 Å². The molecule has 0 unspecified atom stereocenters. The number of hydrogen-bond acceptors (Lipinski definition) is 5. The highest BCUT2D eigenvalue weighted by molar-refractivity contribution is 7.10. The van der Waals surface area contributed by atoms with Crippen LogP contribution >= 0.6 is 23.1 Å². The first-order chi connectivity index (χ1) is 8.22. The summed E-state index contributed by atoms with van der Waals surface area (Å²) in [5, 5.41) is 8.34. The molecular formula is C10H12ClN5S. The summed E-state index contributed by atoms with van der Waals surface area (Å²) >= 11 is 7.21. The molecule has 3 rings (SSSR count). The van der Waals surface area contributed by atoms with Gasteiger partial charge in [0.25, 0.3) is 0 Å². The molecule has 0 spiro atoms. The van der Waals surface area contributed by atoms with E-state index in [1.807, 2.05) is 10.9 Å². The zero-order valence-corrected chi connectivity index (χ0v) is 10.9. The van der Waals surface area contributed by atoms with Gasteiger partial charge in [-0.1, -0.05) is 16.1 Å². The van der Waals surface area contributed by atoms with Crippen LogP contribution in [-0.2, 0) is 6.54 Å². The summed E-state index contributed by atoms with van der Waals surface area (Å²) in [5.74, 6) is 0. The third-order valence-electron chi connectivity index (χ3n) is 2.93. The number of hydrogen-bond donors (Lipinski definition) is 0. The van der Waals surface area contributed by atoms with E-state index in [0.717, 1.165) is 25.3 Å². The fourth-order valence-corrected chi connectivity index (χ4v) is 2.59. The molecule has 0 radical (unpaired) electrons. The van der Waals surface area contributed by atoms with E-state index < -0.39 is 0 Å². The molecule has 2 aromatic heterocycles. The molecule has 1 fully saturated rings. The molecule has 1 aliphatic rings. The van der Waals surface area contributed by atoms with Crippen LogP contribution in [0.2, 0.25) is 4.34 Å². The van der Waals surface area contributed by atoms with Crippen molar-refractivity contribution in [3.8, 4) is 0 Å². The van der Waals surface area contributed by atoms with Crippen molar-refractivity contribution in [3.05, 3.63) is 28.0 Å². The van der Waals surface area contributed by atoms with E-state index in [9.17, 15) is 0 Å². The Labute approximate surface area is 108 Å². The Morgan fingerprint density at radius 2 is 2.35 bits per heavy atom. The maximum Gasteiger partial charge on any atom is 0.138 e. The van der Waals surface area contributed by atoms with E-state index in [-0.39, 0.29) is 0 Å². The van der Waals surface area contributed by atoms with Gasteiger partial charge in [0.15, 0.2) is 0 Å². The fraction of sp³-hybridized carbons (Fsp3) is 0.500. The molecule has 0 saturated carbocycles. The highest BCUT2D eigenvalue weighted by atomic mass is 35.5. The monoisotopic (exact) mass is 269 g/mol. The summed E-state index contributed by atoms with van der Waals surface area (Å²) < 4.78 is 6.56. The Kier molecular flexibility index (Phi) is 2.85. The van der Waals surface area contributed by atoms with E-state index in [2.05, 4.69) is 32.7 Å². The van der Waals surface area contributed by atoms with Crippen LogP contribution in [0.4, 0.5) is 0 Å². The number of aromatic nitrogens is 4. The molecule has 17 heavy (non-hydrogen) atoms. The molecule has 5 nitrogen and oxygen atoms in total. The highest BCUT2D eigenvalue weighted by Crippen LogP contribution is 2.25. The predicted molar refractivity (Wildman–Crippen MR) is 66.2 cm³/mol. The highest BCUT2D eigenvalue weighted by Gasteiger charge is 2.29. The fourth-order valence-electron chi connectivity index (χ4n) is 1.97. The zero-order chi connectivity index (χ0) is 11.8. The van der Waals surface area contributed by atoms with Gasteiger partial charge in [-0.2, -0.15) is 5.10 Å². The molecule has 90 valence electrons. The first-order valence-corrected chi connectivity index (χ1v) is 6.57. The molecule has 0 aromatic carbocycles. The maximum absolute atomic E-state index is 5.97. The molecule has 0 aliphatic carbocycles. The van der Waals surface area contributed by atoms with E-state index >= 15 is 0 Å². The van der Waals surface area contributed by atoms with Crippen LogP contribution in [0.5, 0.6) is 0 Å². The molecule has 7 heteroatoms. The van der Waals surface area contributed by atoms with Gasteiger partial charge in [-0.3, -0.25) is 9.58 Å². The smallest absolute Gasteiger partial charge is 0.138 e. The Hall–Kier alpha value is -0.980. The second-order valence-electron chi connectivity index (χ2n) is 4.34. The summed E-state index contributed by atoms with van der Waals surface area (Å²) in [6, 6.07) is 0.481. The van der Waals surface area contributed by atoms with Gasteiger partial charge in [0.2, 0.25) is 0 Å². The third-order valence-corrected chi connectivity index (χ3v) is 3.91. The van der Waals surface area contributed by atoms with Crippen molar-refractivity contribution in [1.29, 1.82) is 0 Å². The Balaban J connectivity index is 1.57. The first kappa shape index (κ1) is 11.1. The molecule has 0 amide bonds. The van der Waals surface area contributed by atoms with Gasteiger partial charge in [-0.25, -0.2) is 0 Å².